The van der Waals surface area contributed by atoms with Gasteiger partial charge in [0.15, 0.2) is 17.5 Å². The molecule has 10 heteroatoms. The molecule has 1 aliphatic rings. The van der Waals surface area contributed by atoms with Crippen molar-refractivity contribution in [2.45, 2.75) is 43.7 Å². The zero-order valence-corrected chi connectivity index (χ0v) is 16.2. The van der Waals surface area contributed by atoms with Crippen LogP contribution < -0.4 is 11.1 Å². The number of primary amides is 1. The average molecular weight is 419 g/mol. The summed E-state index contributed by atoms with van der Waals surface area (Å²) < 4.78 is 14.4. The van der Waals surface area contributed by atoms with Crippen LogP contribution in [0.15, 0.2) is 24.7 Å². The molecule has 3 aromatic heterocycles. The second kappa shape index (κ2) is 7.57. The zero-order valence-electron chi connectivity index (χ0n) is 15.5. The van der Waals surface area contributed by atoms with Gasteiger partial charge in [0.1, 0.15) is 5.65 Å². The van der Waals surface area contributed by atoms with Crippen molar-refractivity contribution < 1.29 is 14.3 Å². The fourth-order valence-electron chi connectivity index (χ4n) is 3.90. The van der Waals surface area contributed by atoms with E-state index in [1.807, 2.05) is 0 Å². The number of hydrogen-bond donors (Lipinski definition) is 4. The Labute approximate surface area is 170 Å². The first kappa shape index (κ1) is 19.5. The van der Waals surface area contributed by atoms with Crippen LogP contribution in [-0.4, -0.2) is 42.6 Å². The highest BCUT2D eigenvalue weighted by Gasteiger charge is 2.36. The molecule has 3 heterocycles. The summed E-state index contributed by atoms with van der Waals surface area (Å²) in [6.45, 7) is 0. The second-order valence-electron chi connectivity index (χ2n) is 7.45. The Kier molecular flexibility index (Phi) is 5.10. The molecule has 1 fully saturated rings. The van der Waals surface area contributed by atoms with E-state index in [0.717, 1.165) is 11.6 Å². The number of aromatic nitrogens is 4. The summed E-state index contributed by atoms with van der Waals surface area (Å²) in [5.74, 6) is -0.816. The van der Waals surface area contributed by atoms with Crippen molar-refractivity contribution in [3.63, 3.8) is 0 Å². The second-order valence-corrected chi connectivity index (χ2v) is 7.88. The Bertz CT molecular complexity index is 1070. The number of hydrogen-bond acceptors (Lipinski definition) is 6. The molecule has 1 aliphatic carbocycles. The minimum Gasteiger partial charge on any atom is -0.389 e. The number of aliphatic hydroxyl groups is 1. The summed E-state index contributed by atoms with van der Waals surface area (Å²) in [6.07, 6.45) is 6.36. The van der Waals surface area contributed by atoms with Crippen molar-refractivity contribution in [1.82, 2.24) is 19.9 Å². The monoisotopic (exact) mass is 418 g/mol. The van der Waals surface area contributed by atoms with Crippen LogP contribution in [0.25, 0.3) is 22.4 Å². The third kappa shape index (κ3) is 4.15. The maximum Gasteiger partial charge on any atom is 0.220 e. The van der Waals surface area contributed by atoms with Gasteiger partial charge in [-0.15, -0.1) is 0 Å². The molecule has 0 radical (unpaired) electrons. The molecule has 8 nitrogen and oxygen atoms in total. The van der Waals surface area contributed by atoms with E-state index in [1.54, 1.807) is 12.3 Å². The number of halogens is 2. The van der Waals surface area contributed by atoms with Gasteiger partial charge in [-0.05, 0) is 31.7 Å². The number of pyridine rings is 1. The van der Waals surface area contributed by atoms with Crippen LogP contribution in [0.1, 0.15) is 32.1 Å². The number of aromatic amines is 1. The fourth-order valence-corrected chi connectivity index (χ4v) is 4.06. The molecule has 5 N–H and O–H groups in total. The van der Waals surface area contributed by atoms with Gasteiger partial charge in [-0.3, -0.25) is 4.79 Å². The molecule has 2 atom stereocenters. The smallest absolute Gasteiger partial charge is 0.220 e. The van der Waals surface area contributed by atoms with Gasteiger partial charge < -0.3 is 21.1 Å². The number of rotatable bonds is 5. The van der Waals surface area contributed by atoms with Gasteiger partial charge in [-0.2, -0.15) is 0 Å². The van der Waals surface area contributed by atoms with E-state index >= 15 is 0 Å². The largest absolute Gasteiger partial charge is 0.389 e. The average Bonchev–Trinajstić information content (AvgIpc) is 3.05. The van der Waals surface area contributed by atoms with E-state index in [4.69, 9.17) is 17.3 Å². The van der Waals surface area contributed by atoms with Crippen molar-refractivity contribution in [2.75, 3.05) is 5.32 Å². The molecule has 0 unspecified atom stereocenters. The maximum atomic E-state index is 14.4. The molecular formula is C19H20ClFN6O2. The number of carbonyl (C=O) groups excluding carboxylic acids is 1. The van der Waals surface area contributed by atoms with Gasteiger partial charge in [0.05, 0.1) is 23.2 Å². The zero-order chi connectivity index (χ0) is 20.6. The summed E-state index contributed by atoms with van der Waals surface area (Å²) in [4.78, 5) is 26.9. The van der Waals surface area contributed by atoms with Crippen molar-refractivity contribution >= 4 is 34.4 Å². The van der Waals surface area contributed by atoms with E-state index < -0.39 is 17.3 Å². The normalized spacial score (nSPS) is 22.0. The van der Waals surface area contributed by atoms with Crippen LogP contribution in [0.2, 0.25) is 5.02 Å². The first-order valence-electron chi connectivity index (χ1n) is 9.26. The minimum atomic E-state index is -1.19. The van der Waals surface area contributed by atoms with Crippen LogP contribution in [0, 0.1) is 5.82 Å². The topological polar surface area (TPSA) is 130 Å². The van der Waals surface area contributed by atoms with Crippen LogP contribution in [0.3, 0.4) is 0 Å². The molecule has 0 spiro atoms. The number of H-pyrrole nitrogens is 1. The lowest BCUT2D eigenvalue weighted by molar-refractivity contribution is -0.124. The Morgan fingerprint density at radius 1 is 1.45 bits per heavy atom. The molecule has 3 aromatic rings. The highest BCUT2D eigenvalue weighted by molar-refractivity contribution is 6.31. The Hall–Kier alpha value is -2.78. The van der Waals surface area contributed by atoms with Crippen LogP contribution in [-0.2, 0) is 4.79 Å². The lowest BCUT2D eigenvalue weighted by atomic mass is 9.79. The Balaban J connectivity index is 1.60. The summed E-state index contributed by atoms with van der Waals surface area (Å²) in [5, 5.41) is 14.9. The third-order valence-electron chi connectivity index (χ3n) is 5.15. The highest BCUT2D eigenvalue weighted by Crippen LogP contribution is 2.33. The fraction of sp³-hybridized carbons (Fsp3) is 0.368. The molecule has 0 saturated heterocycles. The summed E-state index contributed by atoms with van der Waals surface area (Å²) in [7, 11) is 0. The first-order chi connectivity index (χ1) is 13.8. The molecular weight excluding hydrogens is 399 g/mol. The molecule has 29 heavy (non-hydrogen) atoms. The minimum absolute atomic E-state index is 0.0349. The van der Waals surface area contributed by atoms with Gasteiger partial charge in [0.25, 0.3) is 0 Å². The van der Waals surface area contributed by atoms with Gasteiger partial charge in [0.2, 0.25) is 5.91 Å². The van der Waals surface area contributed by atoms with Gasteiger partial charge in [0, 0.05) is 29.4 Å². The van der Waals surface area contributed by atoms with Gasteiger partial charge >= 0.3 is 0 Å². The molecule has 0 bridgehead atoms. The van der Waals surface area contributed by atoms with Crippen LogP contribution in [0.4, 0.5) is 10.2 Å². The standard InChI is InChI=1S/C19H20ClFN6O2/c20-10-4-12-13(8-24-16(12)23-7-10)17-25-9-14(21)18(27-17)26-11-2-1-3-19(29,5-11)6-15(22)28/h4,7-9,11,29H,1-3,5-6H2,(H2,22,28)(H,23,24)(H,25,26,27)/t11-,19+/m0/s1. The number of amides is 1. The number of nitrogens with zero attached hydrogens (tertiary/aromatic N) is 3. The molecule has 1 amide bonds. The molecule has 152 valence electrons. The van der Waals surface area contributed by atoms with E-state index in [1.165, 1.54) is 6.20 Å². The Morgan fingerprint density at radius 3 is 3.07 bits per heavy atom. The van der Waals surface area contributed by atoms with Crippen molar-refractivity contribution in [2.24, 2.45) is 5.73 Å². The quantitative estimate of drug-likeness (QED) is 0.504. The predicted molar refractivity (Wildman–Crippen MR) is 107 cm³/mol. The van der Waals surface area contributed by atoms with E-state index in [0.29, 0.717) is 41.3 Å². The number of carbonyl (C=O) groups is 1. The summed E-state index contributed by atoms with van der Waals surface area (Å²) in [5.41, 5.74) is 5.32. The van der Waals surface area contributed by atoms with Crippen molar-refractivity contribution in [3.8, 4) is 11.4 Å². The molecule has 1 saturated carbocycles. The molecule has 4 rings (SSSR count). The Morgan fingerprint density at radius 2 is 2.28 bits per heavy atom. The van der Waals surface area contributed by atoms with Crippen molar-refractivity contribution in [3.05, 3.63) is 35.5 Å². The number of anilines is 1. The number of nitrogens with two attached hydrogens (primary N) is 1. The number of nitrogens with one attached hydrogen (secondary N) is 2. The van der Waals surface area contributed by atoms with Crippen LogP contribution >= 0.6 is 11.6 Å². The van der Waals surface area contributed by atoms with Gasteiger partial charge in [-0.25, -0.2) is 19.3 Å². The first-order valence-corrected chi connectivity index (χ1v) is 9.63. The summed E-state index contributed by atoms with van der Waals surface area (Å²) in [6, 6.07) is 1.49. The van der Waals surface area contributed by atoms with E-state index in [9.17, 15) is 14.3 Å². The lowest BCUT2D eigenvalue weighted by Crippen LogP contribution is -2.43. The maximum absolute atomic E-state index is 14.4. The predicted octanol–water partition coefficient (Wildman–Crippen LogP) is 2.77. The molecule has 0 aromatic carbocycles. The van der Waals surface area contributed by atoms with Crippen molar-refractivity contribution in [1.29, 1.82) is 0 Å². The van der Waals surface area contributed by atoms with Gasteiger partial charge in [-0.1, -0.05) is 11.6 Å². The van der Waals surface area contributed by atoms with Crippen LogP contribution in [0.5, 0.6) is 0 Å². The molecule has 0 aliphatic heterocycles. The number of fused-ring (bicyclic) bond motifs is 1. The van der Waals surface area contributed by atoms with E-state index in [2.05, 4.69) is 25.3 Å². The SMILES string of the molecule is NC(=O)C[C@@]1(O)CCC[C@H](Nc2nc(-c3c[nH]c4ncc(Cl)cc34)ncc2F)C1. The third-order valence-corrected chi connectivity index (χ3v) is 5.35. The highest BCUT2D eigenvalue weighted by atomic mass is 35.5. The lowest BCUT2D eigenvalue weighted by Gasteiger charge is -2.36. The van der Waals surface area contributed by atoms with E-state index in [-0.39, 0.29) is 24.7 Å². The summed E-state index contributed by atoms with van der Waals surface area (Å²) >= 11 is 6.04.